The van der Waals surface area contributed by atoms with Gasteiger partial charge in [-0.2, -0.15) is 0 Å². The molecule has 0 radical (unpaired) electrons. The molecule has 0 heterocycles. The SMILES string of the molecule is CC/C=C\C/C=C\C/C=C\C/C=C\C/C=C\CCCC(=O)OC(CCC/C=C/C/C=C/C/C=C/C/C=C/CC)CC(=O)NC(CO)C(O)CCCCCCCCCCCC. The highest BCUT2D eigenvalue weighted by molar-refractivity contribution is 5.77. The van der Waals surface area contributed by atoms with Crippen molar-refractivity contribution in [3.63, 3.8) is 0 Å². The molecular formula is C54H89NO5. The molecule has 0 aliphatic carbocycles. The van der Waals surface area contributed by atoms with E-state index in [9.17, 15) is 19.8 Å². The van der Waals surface area contributed by atoms with Crippen LogP contribution in [0.3, 0.4) is 0 Å². The fourth-order valence-corrected chi connectivity index (χ4v) is 6.52. The number of hydrogen-bond acceptors (Lipinski definition) is 5. The van der Waals surface area contributed by atoms with Gasteiger partial charge in [0.15, 0.2) is 0 Å². The summed E-state index contributed by atoms with van der Waals surface area (Å²) in [6.45, 7) is 6.19. The lowest BCUT2D eigenvalue weighted by atomic mass is 10.0. The molecular weight excluding hydrogens is 743 g/mol. The Morgan fingerprint density at radius 2 is 0.900 bits per heavy atom. The van der Waals surface area contributed by atoms with Crippen LogP contribution in [0, 0.1) is 0 Å². The van der Waals surface area contributed by atoms with E-state index in [2.05, 4.69) is 135 Å². The van der Waals surface area contributed by atoms with Crippen LogP contribution in [-0.2, 0) is 14.3 Å². The van der Waals surface area contributed by atoms with E-state index >= 15 is 0 Å². The van der Waals surface area contributed by atoms with E-state index in [0.29, 0.717) is 25.7 Å². The van der Waals surface area contributed by atoms with Gasteiger partial charge in [-0.25, -0.2) is 0 Å². The molecule has 3 unspecified atom stereocenters. The van der Waals surface area contributed by atoms with Crippen LogP contribution in [0.25, 0.3) is 0 Å². The topological polar surface area (TPSA) is 95.9 Å². The Balaban J connectivity index is 4.81. The number of unbranched alkanes of at least 4 members (excludes halogenated alkanes) is 11. The van der Waals surface area contributed by atoms with Crippen LogP contribution in [0.1, 0.15) is 194 Å². The van der Waals surface area contributed by atoms with Gasteiger partial charge >= 0.3 is 5.97 Å². The first kappa shape index (κ1) is 56.5. The molecule has 1 amide bonds. The van der Waals surface area contributed by atoms with E-state index in [-0.39, 0.29) is 24.9 Å². The van der Waals surface area contributed by atoms with Crippen molar-refractivity contribution < 1.29 is 24.5 Å². The number of ether oxygens (including phenoxy) is 1. The molecule has 0 spiro atoms. The second-order valence-electron chi connectivity index (χ2n) is 15.7. The summed E-state index contributed by atoms with van der Waals surface area (Å²) in [7, 11) is 0. The number of esters is 1. The predicted molar refractivity (Wildman–Crippen MR) is 259 cm³/mol. The molecule has 6 heteroatoms. The summed E-state index contributed by atoms with van der Waals surface area (Å²) < 4.78 is 5.86. The minimum atomic E-state index is -0.817. The maximum Gasteiger partial charge on any atom is 0.306 e. The van der Waals surface area contributed by atoms with Gasteiger partial charge in [0.25, 0.3) is 0 Å². The molecule has 6 nitrogen and oxygen atoms in total. The number of hydrogen-bond donors (Lipinski definition) is 3. The zero-order valence-electron chi connectivity index (χ0n) is 38.5. The highest BCUT2D eigenvalue weighted by Crippen LogP contribution is 2.15. The van der Waals surface area contributed by atoms with E-state index in [4.69, 9.17) is 4.74 Å². The third-order valence-corrected chi connectivity index (χ3v) is 10.1. The van der Waals surface area contributed by atoms with Crippen LogP contribution in [-0.4, -0.2) is 46.9 Å². The largest absolute Gasteiger partial charge is 0.462 e. The van der Waals surface area contributed by atoms with Crippen LogP contribution in [0.5, 0.6) is 0 Å². The number of carbonyl (C=O) groups excluding carboxylic acids is 2. The number of carbonyl (C=O) groups is 2. The summed E-state index contributed by atoms with van der Waals surface area (Å²) in [4.78, 5) is 26.0. The average Bonchev–Trinajstić information content (AvgIpc) is 3.24. The highest BCUT2D eigenvalue weighted by atomic mass is 16.5. The minimum absolute atomic E-state index is 0.0101. The molecule has 0 aliphatic rings. The number of rotatable bonds is 41. The van der Waals surface area contributed by atoms with Crippen molar-refractivity contribution in [3.05, 3.63) is 109 Å². The number of aliphatic hydroxyl groups is 2. The van der Waals surface area contributed by atoms with Crippen molar-refractivity contribution in [1.82, 2.24) is 5.32 Å². The summed E-state index contributed by atoms with van der Waals surface area (Å²) in [5.41, 5.74) is 0. The molecule has 340 valence electrons. The standard InChI is InChI=1S/C54H89NO5/c1-4-7-10-13-16-19-22-24-26-27-28-30-32-35-38-41-44-47-54(59)60-50(45-42-39-36-33-31-29-25-23-20-17-14-11-8-5-2)48-53(58)55-51(49-56)52(57)46-43-40-37-34-21-18-15-12-9-6-3/h7-8,10-11,16-17,19-20,24-26,28-30,33,35-36,38,50-52,56-57H,4-6,9,12-15,18,21-23,27,31-32,34,37,39-49H2,1-3H3,(H,55,58)/b10-7-,11-8+,19-16-,20-17+,26-24-,29-25+,30-28-,36-33+,38-35-. The maximum absolute atomic E-state index is 13.1. The lowest BCUT2D eigenvalue weighted by molar-refractivity contribution is -0.151. The van der Waals surface area contributed by atoms with Gasteiger partial charge in [0.1, 0.15) is 6.10 Å². The van der Waals surface area contributed by atoms with Crippen molar-refractivity contribution in [3.8, 4) is 0 Å². The van der Waals surface area contributed by atoms with Crippen LogP contribution in [0.4, 0.5) is 0 Å². The lowest BCUT2D eigenvalue weighted by Gasteiger charge is -2.24. The fraction of sp³-hybridized carbons (Fsp3) is 0.630. The van der Waals surface area contributed by atoms with Crippen molar-refractivity contribution >= 4 is 11.9 Å². The summed E-state index contributed by atoms with van der Waals surface area (Å²) in [6.07, 6.45) is 63.0. The number of amides is 1. The van der Waals surface area contributed by atoms with Crippen molar-refractivity contribution in [2.75, 3.05) is 6.61 Å². The zero-order valence-corrected chi connectivity index (χ0v) is 38.5. The van der Waals surface area contributed by atoms with E-state index in [1.807, 2.05) is 0 Å². The lowest BCUT2D eigenvalue weighted by Crippen LogP contribution is -2.46. The van der Waals surface area contributed by atoms with Gasteiger partial charge in [-0.15, -0.1) is 0 Å². The molecule has 60 heavy (non-hydrogen) atoms. The number of aliphatic hydroxyl groups excluding tert-OH is 2. The number of nitrogens with one attached hydrogen (secondary N) is 1. The van der Waals surface area contributed by atoms with Crippen molar-refractivity contribution in [2.45, 2.75) is 212 Å². The monoisotopic (exact) mass is 832 g/mol. The quantitative estimate of drug-likeness (QED) is 0.0324. The van der Waals surface area contributed by atoms with Crippen LogP contribution in [0.15, 0.2) is 109 Å². The Kier molecular flexibility index (Phi) is 43.9. The summed E-state index contributed by atoms with van der Waals surface area (Å²) >= 11 is 0. The molecule has 0 aromatic carbocycles. The van der Waals surface area contributed by atoms with Crippen molar-refractivity contribution in [2.24, 2.45) is 0 Å². The van der Waals surface area contributed by atoms with Crippen LogP contribution < -0.4 is 5.32 Å². The first-order valence-corrected chi connectivity index (χ1v) is 24.1. The van der Waals surface area contributed by atoms with Crippen molar-refractivity contribution in [1.29, 1.82) is 0 Å². The van der Waals surface area contributed by atoms with Gasteiger partial charge in [-0.3, -0.25) is 9.59 Å². The zero-order chi connectivity index (χ0) is 43.8. The second kappa shape index (κ2) is 46.6. The Bertz CT molecular complexity index is 1250. The second-order valence-corrected chi connectivity index (χ2v) is 15.7. The summed E-state index contributed by atoms with van der Waals surface area (Å²) in [6, 6.07) is -0.736. The molecule has 0 rings (SSSR count). The third-order valence-electron chi connectivity index (χ3n) is 10.1. The average molecular weight is 832 g/mol. The summed E-state index contributed by atoms with van der Waals surface area (Å²) in [5.74, 6) is -0.611. The van der Waals surface area contributed by atoms with E-state index in [1.165, 1.54) is 44.9 Å². The Morgan fingerprint density at radius 1 is 0.500 bits per heavy atom. The van der Waals surface area contributed by atoms with Gasteiger partial charge in [0.05, 0.1) is 25.2 Å². The molecule has 0 aromatic heterocycles. The highest BCUT2D eigenvalue weighted by Gasteiger charge is 2.23. The first-order chi connectivity index (χ1) is 29.5. The molecule has 0 aliphatic heterocycles. The van der Waals surface area contributed by atoms with E-state index < -0.39 is 18.2 Å². The maximum atomic E-state index is 13.1. The van der Waals surface area contributed by atoms with Gasteiger partial charge in [0, 0.05) is 6.42 Å². The van der Waals surface area contributed by atoms with E-state index in [1.54, 1.807) is 0 Å². The smallest absolute Gasteiger partial charge is 0.306 e. The van der Waals surface area contributed by atoms with E-state index in [0.717, 1.165) is 96.3 Å². The number of allylic oxidation sites excluding steroid dienone is 18. The van der Waals surface area contributed by atoms with Gasteiger partial charge in [-0.1, -0.05) is 194 Å². The van der Waals surface area contributed by atoms with Gasteiger partial charge < -0.3 is 20.3 Å². The fourth-order valence-electron chi connectivity index (χ4n) is 6.52. The van der Waals surface area contributed by atoms with Crippen LogP contribution in [0.2, 0.25) is 0 Å². The predicted octanol–water partition coefficient (Wildman–Crippen LogP) is 14.3. The third kappa shape index (κ3) is 41.3. The summed E-state index contributed by atoms with van der Waals surface area (Å²) in [5, 5.41) is 23.6. The molecule has 0 saturated carbocycles. The molecule has 0 aromatic rings. The Morgan fingerprint density at radius 3 is 1.33 bits per heavy atom. The normalized spacial score (nSPS) is 14.3. The molecule has 3 N–H and O–H groups in total. The van der Waals surface area contributed by atoms with Gasteiger partial charge in [0.2, 0.25) is 5.91 Å². The minimum Gasteiger partial charge on any atom is -0.462 e. The molecule has 0 saturated heterocycles. The van der Waals surface area contributed by atoms with Gasteiger partial charge in [-0.05, 0) is 96.3 Å². The molecule has 0 bridgehead atoms. The Hall–Kier alpha value is -3.48. The molecule has 0 fully saturated rings. The molecule has 3 atom stereocenters. The van der Waals surface area contributed by atoms with Crippen LogP contribution >= 0.6 is 0 Å². The Labute approximate surface area is 368 Å². The first-order valence-electron chi connectivity index (χ1n) is 24.1.